The third-order valence-electron chi connectivity index (χ3n) is 2.20. The van der Waals surface area contributed by atoms with Gasteiger partial charge in [0.25, 0.3) is 0 Å². The van der Waals surface area contributed by atoms with Gasteiger partial charge >= 0.3 is 0 Å². The Balaban J connectivity index is 2.15. The summed E-state index contributed by atoms with van der Waals surface area (Å²) in [4.78, 5) is 1.05. The predicted octanol–water partition coefficient (Wildman–Crippen LogP) is 4.08. The number of ether oxygens (including phenoxy) is 1. The maximum Gasteiger partial charge on any atom is 0.145 e. The lowest BCUT2D eigenvalue weighted by molar-refractivity contribution is 0.218. The van der Waals surface area contributed by atoms with Crippen LogP contribution in [0, 0.1) is 3.57 Å². The summed E-state index contributed by atoms with van der Waals surface area (Å²) in [5.74, 6) is 0.830. The number of nitrogens with two attached hydrogens (primary N) is 1. The number of benzene rings is 1. The predicted molar refractivity (Wildman–Crippen MR) is 80.9 cm³/mol. The molecular weight excluding hydrogens is 369 g/mol. The highest BCUT2D eigenvalue weighted by molar-refractivity contribution is 14.1. The van der Waals surface area contributed by atoms with Crippen molar-refractivity contribution in [3.05, 3.63) is 49.2 Å². The van der Waals surface area contributed by atoms with Crippen LogP contribution < -0.4 is 10.5 Å². The smallest absolute Gasteiger partial charge is 0.145 e. The average molecular weight is 380 g/mol. The first-order chi connectivity index (χ1) is 8.19. The van der Waals surface area contributed by atoms with E-state index in [4.69, 9.17) is 22.1 Å². The van der Waals surface area contributed by atoms with E-state index < -0.39 is 0 Å². The van der Waals surface area contributed by atoms with Gasteiger partial charge in [-0.1, -0.05) is 17.7 Å². The van der Waals surface area contributed by atoms with Crippen LogP contribution in [-0.4, -0.2) is 6.54 Å². The summed E-state index contributed by atoms with van der Waals surface area (Å²) >= 11 is 9.67. The number of hydrogen-bond acceptors (Lipinski definition) is 3. The zero-order chi connectivity index (χ0) is 12.3. The molecule has 1 aromatic carbocycles. The van der Waals surface area contributed by atoms with Gasteiger partial charge in [0.05, 0.1) is 4.34 Å². The highest BCUT2D eigenvalue weighted by Gasteiger charge is 2.13. The fourth-order valence-electron chi connectivity index (χ4n) is 1.43. The molecule has 5 heteroatoms. The largest absolute Gasteiger partial charge is 0.484 e. The molecule has 0 aliphatic carbocycles. The normalized spacial score (nSPS) is 12.4. The van der Waals surface area contributed by atoms with Crippen molar-refractivity contribution >= 4 is 45.5 Å². The zero-order valence-corrected chi connectivity index (χ0v) is 12.6. The number of thiophene rings is 1. The molecule has 0 amide bonds. The van der Waals surface area contributed by atoms with E-state index in [9.17, 15) is 0 Å². The van der Waals surface area contributed by atoms with Crippen molar-refractivity contribution in [2.24, 2.45) is 5.73 Å². The summed E-state index contributed by atoms with van der Waals surface area (Å²) in [6, 6.07) is 11.7. The summed E-state index contributed by atoms with van der Waals surface area (Å²) in [7, 11) is 0. The molecule has 2 nitrogen and oxygen atoms in total. The van der Waals surface area contributed by atoms with Gasteiger partial charge in [-0.25, -0.2) is 0 Å². The Morgan fingerprint density at radius 1 is 1.35 bits per heavy atom. The molecule has 2 rings (SSSR count). The van der Waals surface area contributed by atoms with Crippen LogP contribution in [0.4, 0.5) is 0 Å². The van der Waals surface area contributed by atoms with Gasteiger partial charge in [0, 0.05) is 15.0 Å². The Labute approximate surface area is 123 Å². The highest BCUT2D eigenvalue weighted by atomic mass is 127. The zero-order valence-electron chi connectivity index (χ0n) is 8.90. The van der Waals surface area contributed by atoms with Crippen LogP contribution in [0.1, 0.15) is 11.0 Å². The minimum absolute atomic E-state index is 0.134. The van der Waals surface area contributed by atoms with Crippen LogP contribution in [-0.2, 0) is 0 Å². The first-order valence-electron chi connectivity index (χ1n) is 5.06. The Bertz CT molecular complexity index is 503. The molecule has 0 saturated carbocycles. The monoisotopic (exact) mass is 379 g/mol. The van der Waals surface area contributed by atoms with Crippen LogP contribution in [0.15, 0.2) is 36.4 Å². The minimum Gasteiger partial charge on any atom is -0.484 e. The van der Waals surface area contributed by atoms with Gasteiger partial charge in [0.1, 0.15) is 11.9 Å². The van der Waals surface area contributed by atoms with E-state index in [-0.39, 0.29) is 6.10 Å². The molecule has 0 aliphatic rings. The maximum atomic E-state index is 5.91. The second-order valence-electron chi connectivity index (χ2n) is 3.44. The van der Waals surface area contributed by atoms with E-state index in [0.29, 0.717) is 6.54 Å². The van der Waals surface area contributed by atoms with Gasteiger partial charge in [-0.15, -0.1) is 11.3 Å². The van der Waals surface area contributed by atoms with Crippen LogP contribution in [0.3, 0.4) is 0 Å². The molecule has 1 heterocycles. The summed E-state index contributed by atoms with van der Waals surface area (Å²) in [6.45, 7) is 0.433. The van der Waals surface area contributed by atoms with E-state index in [0.717, 1.165) is 18.5 Å². The van der Waals surface area contributed by atoms with Crippen molar-refractivity contribution in [3.8, 4) is 5.75 Å². The minimum atomic E-state index is -0.134. The molecule has 0 aliphatic heterocycles. The number of rotatable bonds is 4. The first-order valence-corrected chi connectivity index (χ1v) is 7.34. The fraction of sp³-hybridized carbons (Fsp3) is 0.167. The van der Waals surface area contributed by atoms with Crippen molar-refractivity contribution < 1.29 is 4.74 Å². The molecule has 2 aromatic rings. The quantitative estimate of drug-likeness (QED) is 0.812. The molecule has 1 unspecified atom stereocenters. The second-order valence-corrected chi connectivity index (χ2v) is 6.43. The molecule has 0 fully saturated rings. The van der Waals surface area contributed by atoms with Crippen molar-refractivity contribution in [3.63, 3.8) is 0 Å². The van der Waals surface area contributed by atoms with Gasteiger partial charge < -0.3 is 10.5 Å². The fourth-order valence-corrected chi connectivity index (χ4v) is 3.05. The first kappa shape index (κ1) is 13.1. The molecular formula is C12H11ClINOS. The van der Waals surface area contributed by atoms with E-state index in [1.165, 1.54) is 11.3 Å². The molecule has 0 radical (unpaired) electrons. The van der Waals surface area contributed by atoms with E-state index >= 15 is 0 Å². The van der Waals surface area contributed by atoms with Gasteiger partial charge in [-0.05, 0) is 52.9 Å². The molecule has 1 aromatic heterocycles. The molecule has 0 spiro atoms. The maximum absolute atomic E-state index is 5.91. The third kappa shape index (κ3) is 3.58. The van der Waals surface area contributed by atoms with Crippen LogP contribution >= 0.6 is 45.5 Å². The Morgan fingerprint density at radius 3 is 2.76 bits per heavy atom. The van der Waals surface area contributed by atoms with Crippen LogP contribution in [0.2, 0.25) is 4.34 Å². The number of hydrogen-bond donors (Lipinski definition) is 1. The summed E-state index contributed by atoms with van der Waals surface area (Å²) in [6.07, 6.45) is -0.134. The van der Waals surface area contributed by atoms with E-state index in [1.54, 1.807) is 0 Å². The molecule has 1 atom stereocenters. The lowest BCUT2D eigenvalue weighted by Crippen LogP contribution is -2.17. The van der Waals surface area contributed by atoms with Gasteiger partial charge in [-0.3, -0.25) is 0 Å². The molecule has 2 N–H and O–H groups in total. The Kier molecular flexibility index (Phi) is 4.67. The standard InChI is InChI=1S/C12H11ClINOS/c13-12-5-4-11(17-12)10(7-15)16-9-3-1-2-8(14)6-9/h1-6,10H,7,15H2. The third-order valence-corrected chi connectivity index (χ3v) is 4.19. The summed E-state index contributed by atoms with van der Waals surface area (Å²) < 4.78 is 7.76. The lowest BCUT2D eigenvalue weighted by atomic mass is 10.3. The van der Waals surface area contributed by atoms with E-state index in [2.05, 4.69) is 22.6 Å². The summed E-state index contributed by atoms with van der Waals surface area (Å²) in [5, 5.41) is 0. The molecule has 0 saturated heterocycles. The lowest BCUT2D eigenvalue weighted by Gasteiger charge is -2.16. The Hall–Kier alpha value is -0.300. The highest BCUT2D eigenvalue weighted by Crippen LogP contribution is 2.30. The van der Waals surface area contributed by atoms with Crippen molar-refractivity contribution in [1.82, 2.24) is 0 Å². The molecule has 90 valence electrons. The Morgan fingerprint density at radius 2 is 2.18 bits per heavy atom. The van der Waals surface area contributed by atoms with Gasteiger partial charge in [0.2, 0.25) is 0 Å². The van der Waals surface area contributed by atoms with Crippen molar-refractivity contribution in [1.29, 1.82) is 0 Å². The topological polar surface area (TPSA) is 35.2 Å². The van der Waals surface area contributed by atoms with Gasteiger partial charge in [0.15, 0.2) is 0 Å². The molecule has 17 heavy (non-hydrogen) atoms. The van der Waals surface area contributed by atoms with Crippen molar-refractivity contribution in [2.75, 3.05) is 6.54 Å². The average Bonchev–Trinajstić information content (AvgIpc) is 2.73. The van der Waals surface area contributed by atoms with Crippen molar-refractivity contribution in [2.45, 2.75) is 6.10 Å². The van der Waals surface area contributed by atoms with E-state index in [1.807, 2.05) is 36.4 Å². The van der Waals surface area contributed by atoms with Crippen LogP contribution in [0.5, 0.6) is 5.75 Å². The SMILES string of the molecule is NCC(Oc1cccc(I)c1)c1ccc(Cl)s1. The number of halogens is 2. The summed E-state index contributed by atoms with van der Waals surface area (Å²) in [5.41, 5.74) is 5.74. The van der Waals surface area contributed by atoms with Gasteiger partial charge in [-0.2, -0.15) is 0 Å². The molecule has 0 bridgehead atoms. The second kappa shape index (κ2) is 6.04. The van der Waals surface area contributed by atoms with Crippen LogP contribution in [0.25, 0.3) is 0 Å².